The van der Waals surface area contributed by atoms with Crippen molar-refractivity contribution in [3.63, 3.8) is 0 Å². The van der Waals surface area contributed by atoms with E-state index >= 15 is 0 Å². The summed E-state index contributed by atoms with van der Waals surface area (Å²) < 4.78 is 5.66. The Morgan fingerprint density at radius 1 is 1.12 bits per heavy atom. The number of amides is 1. The average Bonchev–Trinajstić information content (AvgIpc) is 2.98. The molecule has 0 radical (unpaired) electrons. The molecule has 1 unspecified atom stereocenters. The van der Waals surface area contributed by atoms with E-state index in [2.05, 4.69) is 10.2 Å². The molecule has 2 aromatic rings. The number of aryl methyl sites for hydroxylation is 1. The van der Waals surface area contributed by atoms with Crippen molar-refractivity contribution in [2.75, 3.05) is 19.6 Å². The number of hydrogen-bond acceptors (Lipinski definition) is 3. The standard InChI is InChI=1S/C20H26N2O2/c1-16-9-4-5-10-17(16)20(23)21-15-18(19-11-8-14-24-19)22-12-6-2-3-7-13-22/h4-5,8-11,14,18H,2-3,6-7,12-13,15H2,1H3,(H,21,23). The molecule has 4 heteroatoms. The molecule has 2 heterocycles. The van der Waals surface area contributed by atoms with Gasteiger partial charge in [0.05, 0.1) is 12.3 Å². The highest BCUT2D eigenvalue weighted by Crippen LogP contribution is 2.24. The fraction of sp³-hybridized carbons (Fsp3) is 0.450. The number of furan rings is 1. The van der Waals surface area contributed by atoms with E-state index in [-0.39, 0.29) is 11.9 Å². The van der Waals surface area contributed by atoms with Crippen molar-refractivity contribution in [3.05, 3.63) is 59.5 Å². The van der Waals surface area contributed by atoms with Crippen LogP contribution in [-0.4, -0.2) is 30.4 Å². The van der Waals surface area contributed by atoms with E-state index in [1.165, 1.54) is 25.7 Å². The second-order valence-corrected chi connectivity index (χ2v) is 6.51. The van der Waals surface area contributed by atoms with Gasteiger partial charge in [0.1, 0.15) is 5.76 Å². The molecule has 0 bridgehead atoms. The Balaban J connectivity index is 1.70. The van der Waals surface area contributed by atoms with Crippen LogP contribution < -0.4 is 5.32 Å². The van der Waals surface area contributed by atoms with Gasteiger partial charge in [-0.25, -0.2) is 0 Å². The van der Waals surface area contributed by atoms with Crippen LogP contribution in [0.5, 0.6) is 0 Å². The summed E-state index contributed by atoms with van der Waals surface area (Å²) in [6.07, 6.45) is 6.71. The zero-order valence-electron chi connectivity index (χ0n) is 14.3. The third kappa shape index (κ3) is 4.06. The summed E-state index contributed by atoms with van der Waals surface area (Å²) in [6.45, 7) is 4.66. The van der Waals surface area contributed by atoms with E-state index in [0.717, 1.165) is 30.0 Å². The molecule has 1 aliphatic rings. The van der Waals surface area contributed by atoms with Gasteiger partial charge in [0, 0.05) is 12.1 Å². The largest absolute Gasteiger partial charge is 0.468 e. The maximum Gasteiger partial charge on any atom is 0.251 e. The summed E-state index contributed by atoms with van der Waals surface area (Å²) in [4.78, 5) is 15.0. The number of carbonyl (C=O) groups excluding carboxylic acids is 1. The van der Waals surface area contributed by atoms with E-state index in [9.17, 15) is 4.79 Å². The summed E-state index contributed by atoms with van der Waals surface area (Å²) >= 11 is 0. The number of hydrogen-bond donors (Lipinski definition) is 1. The molecule has 4 nitrogen and oxygen atoms in total. The van der Waals surface area contributed by atoms with E-state index in [1.54, 1.807) is 6.26 Å². The van der Waals surface area contributed by atoms with Crippen LogP contribution in [0.4, 0.5) is 0 Å². The van der Waals surface area contributed by atoms with E-state index in [4.69, 9.17) is 4.42 Å². The Morgan fingerprint density at radius 3 is 2.54 bits per heavy atom. The minimum atomic E-state index is -0.0144. The Morgan fingerprint density at radius 2 is 1.88 bits per heavy atom. The maximum atomic E-state index is 12.5. The van der Waals surface area contributed by atoms with E-state index in [0.29, 0.717) is 6.54 Å². The van der Waals surface area contributed by atoms with Gasteiger partial charge < -0.3 is 9.73 Å². The maximum absolute atomic E-state index is 12.5. The summed E-state index contributed by atoms with van der Waals surface area (Å²) in [7, 11) is 0. The van der Waals surface area contributed by atoms with Crippen LogP contribution in [0.15, 0.2) is 47.1 Å². The first-order chi connectivity index (χ1) is 11.8. The molecule has 3 rings (SSSR count). The smallest absolute Gasteiger partial charge is 0.251 e. The van der Waals surface area contributed by atoms with Crippen LogP contribution in [-0.2, 0) is 0 Å². The fourth-order valence-electron chi connectivity index (χ4n) is 3.41. The number of nitrogens with zero attached hydrogens (tertiary/aromatic N) is 1. The van der Waals surface area contributed by atoms with Crippen molar-refractivity contribution in [1.29, 1.82) is 0 Å². The molecule has 1 N–H and O–H groups in total. The minimum Gasteiger partial charge on any atom is -0.468 e. The Hall–Kier alpha value is -2.07. The molecule has 1 aromatic carbocycles. The second-order valence-electron chi connectivity index (χ2n) is 6.51. The molecule has 24 heavy (non-hydrogen) atoms. The van der Waals surface area contributed by atoms with Gasteiger partial charge in [-0.15, -0.1) is 0 Å². The average molecular weight is 326 g/mol. The second kappa shape index (κ2) is 8.15. The third-order valence-electron chi connectivity index (χ3n) is 4.80. The predicted molar refractivity (Wildman–Crippen MR) is 95.0 cm³/mol. The molecule has 0 aliphatic carbocycles. The number of benzene rings is 1. The number of carbonyl (C=O) groups is 1. The molecule has 1 saturated heterocycles. The van der Waals surface area contributed by atoms with Gasteiger partial charge in [-0.3, -0.25) is 9.69 Å². The Labute approximate surface area is 143 Å². The minimum absolute atomic E-state index is 0.0144. The van der Waals surface area contributed by atoms with Crippen molar-refractivity contribution < 1.29 is 9.21 Å². The molecule has 1 fully saturated rings. The van der Waals surface area contributed by atoms with Gasteiger partial charge >= 0.3 is 0 Å². The van der Waals surface area contributed by atoms with Crippen LogP contribution in [0.2, 0.25) is 0 Å². The first-order valence-corrected chi connectivity index (χ1v) is 8.87. The monoisotopic (exact) mass is 326 g/mol. The Kier molecular flexibility index (Phi) is 5.70. The van der Waals surface area contributed by atoms with Crippen molar-refractivity contribution in [3.8, 4) is 0 Å². The highest BCUT2D eigenvalue weighted by Gasteiger charge is 2.24. The normalized spacial score (nSPS) is 17.2. The topological polar surface area (TPSA) is 45.5 Å². The molecule has 128 valence electrons. The SMILES string of the molecule is Cc1ccccc1C(=O)NCC(c1ccco1)N1CCCCCC1. The lowest BCUT2D eigenvalue weighted by molar-refractivity contribution is 0.0926. The molecule has 0 spiro atoms. The summed E-state index contributed by atoms with van der Waals surface area (Å²) in [5.74, 6) is 0.918. The highest BCUT2D eigenvalue weighted by molar-refractivity contribution is 5.95. The fourth-order valence-corrected chi connectivity index (χ4v) is 3.41. The van der Waals surface area contributed by atoms with Gasteiger partial charge in [0.2, 0.25) is 0 Å². The zero-order valence-corrected chi connectivity index (χ0v) is 14.3. The first kappa shape index (κ1) is 16.8. The molecule has 1 aromatic heterocycles. The van der Waals surface area contributed by atoms with Crippen LogP contribution in [0.1, 0.15) is 53.4 Å². The van der Waals surface area contributed by atoms with Gasteiger partial charge in [-0.1, -0.05) is 31.0 Å². The lowest BCUT2D eigenvalue weighted by atomic mass is 10.1. The van der Waals surface area contributed by atoms with Gasteiger partial charge in [-0.05, 0) is 56.6 Å². The van der Waals surface area contributed by atoms with Crippen molar-refractivity contribution >= 4 is 5.91 Å². The first-order valence-electron chi connectivity index (χ1n) is 8.87. The lowest BCUT2D eigenvalue weighted by Crippen LogP contribution is -2.38. The zero-order chi connectivity index (χ0) is 16.8. The number of nitrogens with one attached hydrogen (secondary N) is 1. The molecular weight excluding hydrogens is 300 g/mol. The predicted octanol–water partition coefficient (Wildman–Crippen LogP) is 3.94. The van der Waals surface area contributed by atoms with Crippen LogP contribution in [0, 0.1) is 6.92 Å². The van der Waals surface area contributed by atoms with Crippen molar-refractivity contribution in [2.45, 2.75) is 38.6 Å². The van der Waals surface area contributed by atoms with Crippen LogP contribution in [0.25, 0.3) is 0 Å². The van der Waals surface area contributed by atoms with Gasteiger partial charge in [0.15, 0.2) is 0 Å². The molecule has 1 amide bonds. The van der Waals surface area contributed by atoms with Crippen LogP contribution >= 0.6 is 0 Å². The van der Waals surface area contributed by atoms with Crippen LogP contribution in [0.3, 0.4) is 0 Å². The quantitative estimate of drug-likeness (QED) is 0.905. The van der Waals surface area contributed by atoms with Gasteiger partial charge in [-0.2, -0.15) is 0 Å². The molecular formula is C20H26N2O2. The third-order valence-corrected chi connectivity index (χ3v) is 4.80. The summed E-state index contributed by atoms with van der Waals surface area (Å²) in [5.41, 5.74) is 1.74. The van der Waals surface area contributed by atoms with Crippen molar-refractivity contribution in [2.24, 2.45) is 0 Å². The lowest BCUT2D eigenvalue weighted by Gasteiger charge is -2.29. The van der Waals surface area contributed by atoms with E-state index in [1.807, 2.05) is 43.3 Å². The van der Waals surface area contributed by atoms with Gasteiger partial charge in [0.25, 0.3) is 5.91 Å². The van der Waals surface area contributed by atoms with E-state index < -0.39 is 0 Å². The number of rotatable bonds is 5. The molecule has 1 atom stereocenters. The Bertz CT molecular complexity index is 643. The molecule has 1 aliphatic heterocycles. The summed E-state index contributed by atoms with van der Waals surface area (Å²) in [5, 5.41) is 3.11. The van der Waals surface area contributed by atoms with Crippen molar-refractivity contribution in [1.82, 2.24) is 10.2 Å². The highest BCUT2D eigenvalue weighted by atomic mass is 16.3. The number of likely N-dealkylation sites (tertiary alicyclic amines) is 1. The summed E-state index contributed by atoms with van der Waals surface area (Å²) in [6, 6.07) is 11.7. The molecule has 0 saturated carbocycles.